The van der Waals surface area contributed by atoms with Gasteiger partial charge in [-0.05, 0) is 48.6 Å². The van der Waals surface area contributed by atoms with Gasteiger partial charge in [-0.2, -0.15) is 0 Å². The number of fused-ring (bicyclic) bond motifs is 1. The van der Waals surface area contributed by atoms with E-state index in [0.717, 1.165) is 21.9 Å². The van der Waals surface area contributed by atoms with Gasteiger partial charge in [-0.1, -0.05) is 66.7 Å². The van der Waals surface area contributed by atoms with E-state index in [9.17, 15) is 9.59 Å². The Labute approximate surface area is 193 Å². The Morgan fingerprint density at radius 1 is 0.909 bits per heavy atom. The molecule has 1 unspecified atom stereocenters. The molecule has 0 bridgehead atoms. The highest BCUT2D eigenvalue weighted by Crippen LogP contribution is 2.33. The summed E-state index contributed by atoms with van der Waals surface area (Å²) in [6.07, 6.45) is 0. The predicted molar refractivity (Wildman–Crippen MR) is 127 cm³/mol. The number of rotatable bonds is 8. The van der Waals surface area contributed by atoms with Crippen LogP contribution in [0.5, 0.6) is 5.75 Å². The van der Waals surface area contributed by atoms with E-state index in [-0.39, 0.29) is 18.1 Å². The van der Waals surface area contributed by atoms with Crippen molar-refractivity contribution >= 4 is 22.5 Å². The summed E-state index contributed by atoms with van der Waals surface area (Å²) in [6.45, 7) is 3.95. The van der Waals surface area contributed by atoms with Gasteiger partial charge < -0.3 is 9.47 Å². The number of carbonyl (C=O) groups is 2. The molecule has 5 heteroatoms. The third kappa shape index (κ3) is 5.09. The Kier molecular flexibility index (Phi) is 6.79. The van der Waals surface area contributed by atoms with Crippen molar-refractivity contribution in [1.82, 2.24) is 4.98 Å². The number of esters is 1. The van der Waals surface area contributed by atoms with Crippen molar-refractivity contribution in [2.45, 2.75) is 26.4 Å². The third-order valence-electron chi connectivity index (χ3n) is 5.38. The minimum atomic E-state index is -0.618. The van der Waals surface area contributed by atoms with Gasteiger partial charge in [0.2, 0.25) is 0 Å². The SMILES string of the molecule is CCOC(=O)c1cc2ccc(OCc3ccccc3)cc2c(C(C(C)=O)c2ccccc2)n1. The van der Waals surface area contributed by atoms with Gasteiger partial charge in [0.1, 0.15) is 23.8 Å². The van der Waals surface area contributed by atoms with Gasteiger partial charge in [0.05, 0.1) is 18.2 Å². The molecule has 0 N–H and O–H groups in total. The highest BCUT2D eigenvalue weighted by Gasteiger charge is 2.25. The van der Waals surface area contributed by atoms with E-state index >= 15 is 0 Å². The van der Waals surface area contributed by atoms with Crippen molar-refractivity contribution in [2.75, 3.05) is 6.61 Å². The fraction of sp³-hybridized carbons (Fsp3) is 0.179. The summed E-state index contributed by atoms with van der Waals surface area (Å²) in [6, 6.07) is 26.7. The van der Waals surface area contributed by atoms with Crippen LogP contribution in [0, 0.1) is 0 Å². The maximum Gasteiger partial charge on any atom is 0.356 e. The van der Waals surface area contributed by atoms with Crippen LogP contribution in [0.4, 0.5) is 0 Å². The minimum Gasteiger partial charge on any atom is -0.489 e. The van der Waals surface area contributed by atoms with Crippen molar-refractivity contribution in [3.05, 3.63) is 107 Å². The monoisotopic (exact) mass is 439 g/mol. The van der Waals surface area contributed by atoms with Crippen LogP contribution in [0.15, 0.2) is 84.9 Å². The number of nitrogens with zero attached hydrogens (tertiary/aromatic N) is 1. The van der Waals surface area contributed by atoms with Gasteiger partial charge in [0.25, 0.3) is 0 Å². The molecule has 4 rings (SSSR count). The molecule has 1 atom stereocenters. The van der Waals surface area contributed by atoms with E-state index in [4.69, 9.17) is 9.47 Å². The molecule has 0 aliphatic heterocycles. The fourth-order valence-electron chi connectivity index (χ4n) is 3.84. The summed E-state index contributed by atoms with van der Waals surface area (Å²) in [7, 11) is 0. The Morgan fingerprint density at radius 2 is 1.61 bits per heavy atom. The average molecular weight is 440 g/mol. The highest BCUT2D eigenvalue weighted by molar-refractivity contribution is 5.98. The van der Waals surface area contributed by atoms with Gasteiger partial charge >= 0.3 is 5.97 Å². The zero-order chi connectivity index (χ0) is 23.2. The number of carbonyl (C=O) groups excluding carboxylic acids is 2. The molecule has 1 aromatic heterocycles. The van der Waals surface area contributed by atoms with E-state index in [1.165, 1.54) is 6.92 Å². The normalized spacial score (nSPS) is 11.7. The van der Waals surface area contributed by atoms with Gasteiger partial charge in [-0.3, -0.25) is 4.79 Å². The van der Waals surface area contributed by atoms with Crippen LogP contribution in [0.25, 0.3) is 10.8 Å². The quantitative estimate of drug-likeness (QED) is 0.329. The molecule has 33 heavy (non-hydrogen) atoms. The summed E-state index contributed by atoms with van der Waals surface area (Å²) in [5.41, 5.74) is 2.56. The van der Waals surface area contributed by atoms with E-state index in [0.29, 0.717) is 18.1 Å². The van der Waals surface area contributed by atoms with Crippen LogP contribution in [-0.4, -0.2) is 23.3 Å². The van der Waals surface area contributed by atoms with Crippen LogP contribution >= 0.6 is 0 Å². The molecular formula is C28H25NO4. The maximum absolute atomic E-state index is 12.8. The molecule has 1 heterocycles. The number of hydrogen-bond donors (Lipinski definition) is 0. The van der Waals surface area contributed by atoms with Crippen LogP contribution in [0.1, 0.15) is 47.1 Å². The first-order valence-corrected chi connectivity index (χ1v) is 10.9. The largest absolute Gasteiger partial charge is 0.489 e. The first-order valence-electron chi connectivity index (χ1n) is 10.9. The second-order valence-electron chi connectivity index (χ2n) is 7.72. The van der Waals surface area contributed by atoms with Crippen molar-refractivity contribution in [3.63, 3.8) is 0 Å². The predicted octanol–water partition coefficient (Wildman–Crippen LogP) is 5.71. The first kappa shape index (κ1) is 22.2. The summed E-state index contributed by atoms with van der Waals surface area (Å²) in [5, 5.41) is 1.55. The van der Waals surface area contributed by atoms with Crippen molar-refractivity contribution in [2.24, 2.45) is 0 Å². The Morgan fingerprint density at radius 3 is 2.27 bits per heavy atom. The third-order valence-corrected chi connectivity index (χ3v) is 5.38. The zero-order valence-electron chi connectivity index (χ0n) is 18.7. The average Bonchev–Trinajstić information content (AvgIpc) is 2.84. The van der Waals surface area contributed by atoms with Crippen molar-refractivity contribution < 1.29 is 19.1 Å². The molecule has 0 saturated carbocycles. The van der Waals surface area contributed by atoms with E-state index in [1.54, 1.807) is 13.0 Å². The van der Waals surface area contributed by atoms with Gasteiger partial charge in [0, 0.05) is 5.39 Å². The molecule has 0 aliphatic rings. The number of ether oxygens (including phenoxy) is 2. The zero-order valence-corrected chi connectivity index (χ0v) is 18.7. The lowest BCUT2D eigenvalue weighted by atomic mass is 9.88. The standard InChI is InChI=1S/C28H25NO4/c1-3-32-28(31)25-16-22-14-15-23(33-18-20-10-6-4-7-11-20)17-24(22)27(29-25)26(19(2)30)21-12-8-5-9-13-21/h4-17,26H,3,18H2,1-2H3. The lowest BCUT2D eigenvalue weighted by Gasteiger charge is -2.18. The number of ketones is 1. The number of hydrogen-bond acceptors (Lipinski definition) is 5. The summed E-state index contributed by atoms with van der Waals surface area (Å²) >= 11 is 0. The molecular weight excluding hydrogens is 414 g/mol. The molecule has 0 saturated heterocycles. The van der Waals surface area contributed by atoms with Crippen LogP contribution in [0.3, 0.4) is 0 Å². The Balaban J connectivity index is 1.82. The smallest absolute Gasteiger partial charge is 0.356 e. The Hall–Kier alpha value is -3.99. The molecule has 0 spiro atoms. The maximum atomic E-state index is 12.8. The van der Waals surface area contributed by atoms with Crippen LogP contribution < -0.4 is 4.74 Å². The number of pyridine rings is 1. The lowest BCUT2D eigenvalue weighted by molar-refractivity contribution is -0.117. The van der Waals surface area contributed by atoms with Gasteiger partial charge in [-0.15, -0.1) is 0 Å². The van der Waals surface area contributed by atoms with E-state index < -0.39 is 11.9 Å². The summed E-state index contributed by atoms with van der Waals surface area (Å²) in [5.74, 6) is -0.534. The molecule has 0 radical (unpaired) electrons. The van der Waals surface area contributed by atoms with Gasteiger partial charge in [-0.25, -0.2) is 9.78 Å². The fourth-order valence-corrected chi connectivity index (χ4v) is 3.84. The number of benzene rings is 3. The Bertz CT molecular complexity index is 1270. The molecule has 4 aromatic rings. The molecule has 3 aromatic carbocycles. The number of Topliss-reactive ketones (excluding diaryl/α,β-unsaturated/α-hetero) is 1. The molecule has 0 amide bonds. The number of aromatic nitrogens is 1. The lowest BCUT2D eigenvalue weighted by Crippen LogP contribution is -2.16. The van der Waals surface area contributed by atoms with Crippen molar-refractivity contribution in [1.29, 1.82) is 0 Å². The second kappa shape index (κ2) is 10.1. The van der Waals surface area contributed by atoms with Crippen molar-refractivity contribution in [3.8, 4) is 5.75 Å². The van der Waals surface area contributed by atoms with Crippen LogP contribution in [-0.2, 0) is 16.1 Å². The first-order chi connectivity index (χ1) is 16.1. The topological polar surface area (TPSA) is 65.5 Å². The highest BCUT2D eigenvalue weighted by atomic mass is 16.5. The summed E-state index contributed by atoms with van der Waals surface area (Å²) < 4.78 is 11.2. The minimum absolute atomic E-state index is 0.0633. The second-order valence-corrected chi connectivity index (χ2v) is 7.72. The molecule has 5 nitrogen and oxygen atoms in total. The van der Waals surface area contributed by atoms with E-state index in [2.05, 4.69) is 4.98 Å². The molecule has 0 fully saturated rings. The molecule has 166 valence electrons. The van der Waals surface area contributed by atoms with Crippen LogP contribution in [0.2, 0.25) is 0 Å². The van der Waals surface area contributed by atoms with E-state index in [1.807, 2.05) is 78.9 Å². The molecule has 0 aliphatic carbocycles. The van der Waals surface area contributed by atoms with Gasteiger partial charge in [0.15, 0.2) is 0 Å². The summed E-state index contributed by atoms with van der Waals surface area (Å²) in [4.78, 5) is 29.9.